The summed E-state index contributed by atoms with van der Waals surface area (Å²) < 4.78 is 52.7. The van der Waals surface area contributed by atoms with Gasteiger partial charge in [0.25, 0.3) is 0 Å². The third kappa shape index (κ3) is 2.52. The SMILES string of the molecule is [2H]c1c([2H])c([2H])c([C@H]2O[C@]2(Cn2cncn2)c2ccc(F)cc2)c(Cl)c1[2H]. The Hall–Kier alpha value is -2.24. The molecule has 1 fully saturated rings. The molecular formula is C17H13ClFN3O. The van der Waals surface area contributed by atoms with Crippen LogP contribution in [0.2, 0.25) is 5.02 Å². The first-order valence-electron chi connectivity index (χ1n) is 8.87. The van der Waals surface area contributed by atoms with E-state index in [4.69, 9.17) is 21.8 Å². The molecule has 0 radical (unpaired) electrons. The van der Waals surface area contributed by atoms with Gasteiger partial charge in [-0.25, -0.2) is 14.1 Å². The van der Waals surface area contributed by atoms with Crippen LogP contribution in [0.25, 0.3) is 0 Å². The molecule has 0 unspecified atom stereocenters. The van der Waals surface area contributed by atoms with E-state index in [9.17, 15) is 4.39 Å². The van der Waals surface area contributed by atoms with Crippen molar-refractivity contribution in [2.75, 3.05) is 0 Å². The Labute approximate surface area is 143 Å². The Kier molecular flexibility index (Phi) is 2.49. The van der Waals surface area contributed by atoms with Crippen LogP contribution in [-0.4, -0.2) is 14.8 Å². The molecule has 0 bridgehead atoms. The predicted molar refractivity (Wildman–Crippen MR) is 83.4 cm³/mol. The molecule has 0 N–H and O–H groups in total. The first kappa shape index (κ1) is 10.5. The summed E-state index contributed by atoms with van der Waals surface area (Å²) in [4.78, 5) is 3.90. The van der Waals surface area contributed by atoms with Crippen LogP contribution in [0.3, 0.4) is 0 Å². The lowest BCUT2D eigenvalue weighted by molar-refractivity contribution is 0.262. The van der Waals surface area contributed by atoms with Crippen molar-refractivity contribution < 1.29 is 14.6 Å². The van der Waals surface area contributed by atoms with E-state index in [1.807, 2.05) is 0 Å². The van der Waals surface area contributed by atoms with E-state index in [0.717, 1.165) is 0 Å². The molecule has 2 heterocycles. The highest BCUT2D eigenvalue weighted by molar-refractivity contribution is 6.31. The summed E-state index contributed by atoms with van der Waals surface area (Å²) in [5.41, 5.74) is -0.177. The van der Waals surface area contributed by atoms with Crippen LogP contribution >= 0.6 is 11.6 Å². The fourth-order valence-corrected chi connectivity index (χ4v) is 2.87. The number of ether oxygens (including phenoxy) is 1. The highest BCUT2D eigenvalue weighted by Gasteiger charge is 2.59. The molecule has 4 nitrogen and oxygen atoms in total. The maximum absolute atomic E-state index is 13.4. The van der Waals surface area contributed by atoms with E-state index in [2.05, 4.69) is 10.1 Å². The number of halogens is 2. The van der Waals surface area contributed by atoms with Gasteiger partial charge < -0.3 is 4.74 Å². The lowest BCUT2D eigenvalue weighted by Crippen LogP contribution is -2.19. The largest absolute Gasteiger partial charge is 0.354 e. The Morgan fingerprint density at radius 2 is 2.09 bits per heavy atom. The molecule has 6 heteroatoms. The maximum atomic E-state index is 13.4. The zero-order chi connectivity index (χ0) is 19.3. The molecule has 116 valence electrons. The normalized spacial score (nSPS) is 25.4. The topological polar surface area (TPSA) is 43.2 Å². The summed E-state index contributed by atoms with van der Waals surface area (Å²) in [5, 5.41) is 3.98. The van der Waals surface area contributed by atoms with E-state index >= 15 is 0 Å². The monoisotopic (exact) mass is 333 g/mol. The molecule has 1 saturated heterocycles. The van der Waals surface area contributed by atoms with Crippen molar-refractivity contribution >= 4 is 11.6 Å². The van der Waals surface area contributed by atoms with E-state index in [1.54, 1.807) is 16.8 Å². The molecule has 0 spiro atoms. The van der Waals surface area contributed by atoms with Crippen molar-refractivity contribution in [3.8, 4) is 0 Å². The second kappa shape index (κ2) is 5.44. The van der Waals surface area contributed by atoms with Crippen LogP contribution in [0.1, 0.15) is 22.7 Å². The summed E-state index contributed by atoms with van der Waals surface area (Å²) >= 11 is 6.25. The number of benzene rings is 2. The van der Waals surface area contributed by atoms with Gasteiger partial charge in [-0.05, 0) is 23.7 Å². The van der Waals surface area contributed by atoms with Gasteiger partial charge in [0.15, 0.2) is 0 Å². The number of nitrogens with zero attached hydrogens (tertiary/aromatic N) is 3. The van der Waals surface area contributed by atoms with E-state index in [1.165, 1.54) is 24.8 Å². The van der Waals surface area contributed by atoms with Crippen molar-refractivity contribution in [3.63, 3.8) is 0 Å². The van der Waals surface area contributed by atoms with Gasteiger partial charge in [-0.15, -0.1) is 0 Å². The number of rotatable bonds is 4. The van der Waals surface area contributed by atoms with Gasteiger partial charge >= 0.3 is 0 Å². The van der Waals surface area contributed by atoms with E-state index in [0.29, 0.717) is 5.56 Å². The molecule has 2 aromatic carbocycles. The molecule has 0 saturated carbocycles. The van der Waals surface area contributed by atoms with Crippen LogP contribution in [0.5, 0.6) is 0 Å². The minimum Gasteiger partial charge on any atom is -0.354 e. The molecule has 0 aliphatic carbocycles. The van der Waals surface area contributed by atoms with Gasteiger partial charge in [0.05, 0.1) is 12.0 Å². The Morgan fingerprint density at radius 3 is 2.83 bits per heavy atom. The summed E-state index contributed by atoms with van der Waals surface area (Å²) in [5.74, 6) is -0.397. The molecule has 4 rings (SSSR count). The van der Waals surface area contributed by atoms with Gasteiger partial charge in [0, 0.05) is 10.6 Å². The van der Waals surface area contributed by atoms with E-state index < -0.39 is 23.6 Å². The van der Waals surface area contributed by atoms with Crippen molar-refractivity contribution in [2.24, 2.45) is 0 Å². The van der Waals surface area contributed by atoms with Crippen molar-refractivity contribution in [1.82, 2.24) is 14.8 Å². The highest BCUT2D eigenvalue weighted by atomic mass is 35.5. The molecule has 1 aliphatic rings. The zero-order valence-corrected chi connectivity index (χ0v) is 12.5. The van der Waals surface area contributed by atoms with Gasteiger partial charge in [0.1, 0.15) is 30.2 Å². The van der Waals surface area contributed by atoms with E-state index in [-0.39, 0.29) is 35.3 Å². The highest BCUT2D eigenvalue weighted by Crippen LogP contribution is 2.59. The zero-order valence-electron chi connectivity index (χ0n) is 15.8. The summed E-state index contributed by atoms with van der Waals surface area (Å²) in [7, 11) is 0. The van der Waals surface area contributed by atoms with Crippen LogP contribution in [0.4, 0.5) is 4.39 Å². The number of hydrogen-bond donors (Lipinski definition) is 0. The van der Waals surface area contributed by atoms with Crippen LogP contribution < -0.4 is 0 Å². The van der Waals surface area contributed by atoms with Gasteiger partial charge in [0.2, 0.25) is 0 Å². The fraction of sp³-hybridized carbons (Fsp3) is 0.176. The summed E-state index contributed by atoms with van der Waals surface area (Å²) in [6.07, 6.45) is 2.14. The lowest BCUT2D eigenvalue weighted by atomic mass is 9.91. The number of aromatic nitrogens is 3. The van der Waals surface area contributed by atoms with Gasteiger partial charge in [-0.1, -0.05) is 41.9 Å². The van der Waals surface area contributed by atoms with Crippen LogP contribution in [0.15, 0.2) is 61.1 Å². The van der Waals surface area contributed by atoms with Crippen LogP contribution in [-0.2, 0) is 16.9 Å². The minimum absolute atomic E-state index is 0.0893. The molecular weight excluding hydrogens is 317 g/mol. The Morgan fingerprint density at radius 1 is 1.30 bits per heavy atom. The average molecular weight is 334 g/mol. The molecule has 1 aromatic heterocycles. The van der Waals surface area contributed by atoms with Crippen molar-refractivity contribution in [3.05, 3.63) is 83.1 Å². The number of epoxide rings is 1. The smallest absolute Gasteiger partial charge is 0.144 e. The molecule has 3 aromatic rings. The maximum Gasteiger partial charge on any atom is 0.144 e. The molecule has 2 atom stereocenters. The second-order valence-electron chi connectivity index (χ2n) is 5.21. The Balaban J connectivity index is 1.84. The second-order valence-corrected chi connectivity index (χ2v) is 5.59. The molecule has 1 aliphatic heterocycles. The number of hydrogen-bond acceptors (Lipinski definition) is 3. The van der Waals surface area contributed by atoms with Crippen molar-refractivity contribution in [2.45, 2.75) is 18.2 Å². The molecule has 0 amide bonds. The lowest BCUT2D eigenvalue weighted by Gasteiger charge is -2.14. The first-order chi connectivity index (χ1) is 12.8. The average Bonchev–Trinajstić information content (AvgIpc) is 3.11. The van der Waals surface area contributed by atoms with Gasteiger partial charge in [-0.3, -0.25) is 0 Å². The predicted octanol–water partition coefficient (Wildman–Crippen LogP) is 3.74. The first-order valence-corrected chi connectivity index (χ1v) is 7.25. The quantitative estimate of drug-likeness (QED) is 0.683. The summed E-state index contributed by atoms with van der Waals surface area (Å²) in [6, 6.07) is 4.39. The minimum atomic E-state index is -0.997. The summed E-state index contributed by atoms with van der Waals surface area (Å²) in [6.45, 7) is 0.225. The third-order valence-corrected chi connectivity index (χ3v) is 4.12. The van der Waals surface area contributed by atoms with Gasteiger partial charge in [-0.2, -0.15) is 5.10 Å². The Bertz CT molecular complexity index is 987. The third-order valence-electron chi connectivity index (χ3n) is 3.82. The standard InChI is InChI=1S/C17H13ClFN3O/c18-15-4-2-1-3-14(15)16-17(23-16,9-22-11-20-10-21-22)12-5-7-13(19)8-6-12/h1-8,10-11,16H,9H2/t16-,17-/m1/s1/i1D,2D,3D,4D. The fourth-order valence-electron chi connectivity index (χ4n) is 2.67. The van der Waals surface area contributed by atoms with Crippen molar-refractivity contribution in [1.29, 1.82) is 0 Å². The van der Waals surface area contributed by atoms with Crippen LogP contribution in [0, 0.1) is 5.82 Å². The molecule has 23 heavy (non-hydrogen) atoms.